The molecule has 8 nitrogen and oxygen atoms in total. The van der Waals surface area contributed by atoms with Gasteiger partial charge >= 0.3 is 0 Å². The fourth-order valence-electron chi connectivity index (χ4n) is 6.77. The van der Waals surface area contributed by atoms with Crippen molar-refractivity contribution in [3.05, 3.63) is 60.2 Å². The summed E-state index contributed by atoms with van der Waals surface area (Å²) in [5.41, 5.74) is 1.61. The molecule has 2 unspecified atom stereocenters. The first-order valence-electron chi connectivity index (χ1n) is 14.3. The van der Waals surface area contributed by atoms with Crippen LogP contribution < -0.4 is 15.4 Å². The number of rotatable bonds is 11. The lowest BCUT2D eigenvalue weighted by Crippen LogP contribution is -2.57. The standard InChI is InChI=1S/C31H39N3O5S/c1-4-19(3)23(18-35)34-27(29(37)32-17-20-9-7-6-8-10-20)31-16-15-24(40-31)25(26(31)30(34)38)28(36)33-21-11-13-22(14-12-21)39-5-2/h6-14,19,23-27,35H,4-5,15-18H2,1-3H3,(H,32,37)(H,33,36)/t19-,23-,24+,25-,26-,27?,31?/m0/s1. The molecule has 40 heavy (non-hydrogen) atoms. The summed E-state index contributed by atoms with van der Waals surface area (Å²) in [7, 11) is 0. The molecule has 3 fully saturated rings. The van der Waals surface area contributed by atoms with Gasteiger partial charge in [0.05, 0.1) is 35.8 Å². The van der Waals surface area contributed by atoms with Crippen molar-refractivity contribution < 1.29 is 24.2 Å². The summed E-state index contributed by atoms with van der Waals surface area (Å²) in [5, 5.41) is 16.5. The van der Waals surface area contributed by atoms with Crippen LogP contribution in [0.1, 0.15) is 45.6 Å². The summed E-state index contributed by atoms with van der Waals surface area (Å²) >= 11 is 1.63. The largest absolute Gasteiger partial charge is 0.494 e. The zero-order valence-corrected chi connectivity index (χ0v) is 24.2. The van der Waals surface area contributed by atoms with Crippen LogP contribution in [0.3, 0.4) is 0 Å². The van der Waals surface area contributed by atoms with E-state index in [0.29, 0.717) is 25.3 Å². The third-order valence-electron chi connectivity index (χ3n) is 8.88. The molecule has 3 amide bonds. The Morgan fingerprint density at radius 3 is 2.50 bits per heavy atom. The van der Waals surface area contributed by atoms with Crippen LogP contribution in [0.25, 0.3) is 0 Å². The van der Waals surface area contributed by atoms with Crippen LogP contribution in [-0.2, 0) is 20.9 Å². The minimum Gasteiger partial charge on any atom is -0.494 e. The fourth-order valence-corrected chi connectivity index (χ4v) is 8.98. The number of nitrogens with one attached hydrogen (secondary N) is 2. The van der Waals surface area contributed by atoms with Gasteiger partial charge in [-0.05, 0) is 55.5 Å². The Kier molecular flexibility index (Phi) is 8.42. The Hall–Kier alpha value is -3.04. The molecule has 3 N–H and O–H groups in total. The summed E-state index contributed by atoms with van der Waals surface area (Å²) in [4.78, 5) is 43.7. The summed E-state index contributed by atoms with van der Waals surface area (Å²) in [6.45, 7) is 6.61. The van der Waals surface area contributed by atoms with Crippen molar-refractivity contribution in [2.75, 3.05) is 18.5 Å². The highest BCUT2D eigenvalue weighted by atomic mass is 32.2. The van der Waals surface area contributed by atoms with Crippen molar-refractivity contribution in [2.24, 2.45) is 17.8 Å². The lowest BCUT2D eigenvalue weighted by Gasteiger charge is -2.39. The number of likely N-dealkylation sites (tertiary alicyclic amines) is 1. The molecule has 3 aliphatic rings. The molecule has 2 aromatic rings. The number of fused-ring (bicyclic) bond motifs is 1. The van der Waals surface area contributed by atoms with E-state index in [-0.39, 0.29) is 35.5 Å². The van der Waals surface area contributed by atoms with Crippen LogP contribution in [0.5, 0.6) is 5.75 Å². The topological polar surface area (TPSA) is 108 Å². The molecule has 5 rings (SSSR count). The first kappa shape index (κ1) is 28.5. The van der Waals surface area contributed by atoms with Gasteiger partial charge in [0, 0.05) is 17.5 Å². The van der Waals surface area contributed by atoms with E-state index in [1.807, 2.05) is 63.2 Å². The highest BCUT2D eigenvalue weighted by molar-refractivity contribution is 8.02. The first-order chi connectivity index (χ1) is 19.3. The lowest BCUT2D eigenvalue weighted by atomic mass is 9.70. The fraction of sp³-hybridized carbons (Fsp3) is 0.516. The molecule has 2 bridgehead atoms. The Morgan fingerprint density at radius 2 is 1.85 bits per heavy atom. The van der Waals surface area contributed by atoms with Gasteiger partial charge in [0.2, 0.25) is 17.7 Å². The van der Waals surface area contributed by atoms with Gasteiger partial charge in [0.15, 0.2) is 0 Å². The molecule has 2 aromatic carbocycles. The van der Waals surface area contributed by atoms with Crippen LogP contribution in [0.15, 0.2) is 54.6 Å². The Bertz CT molecular complexity index is 1230. The summed E-state index contributed by atoms with van der Waals surface area (Å²) in [6.07, 6.45) is 2.20. The molecule has 3 aliphatic heterocycles. The Labute approximate surface area is 240 Å². The number of hydrogen-bond donors (Lipinski definition) is 3. The number of aliphatic hydroxyl groups excluding tert-OH is 1. The van der Waals surface area contributed by atoms with Crippen molar-refractivity contribution >= 4 is 35.2 Å². The van der Waals surface area contributed by atoms with E-state index in [0.717, 1.165) is 24.2 Å². The summed E-state index contributed by atoms with van der Waals surface area (Å²) < 4.78 is 4.80. The normalized spacial score (nSPS) is 28.2. The number of ether oxygens (including phenoxy) is 1. The molecule has 1 spiro atoms. The molecule has 3 saturated heterocycles. The predicted molar refractivity (Wildman–Crippen MR) is 156 cm³/mol. The molecular weight excluding hydrogens is 526 g/mol. The van der Waals surface area contributed by atoms with Gasteiger partial charge in [-0.3, -0.25) is 14.4 Å². The first-order valence-corrected chi connectivity index (χ1v) is 15.2. The molecule has 0 saturated carbocycles. The van der Waals surface area contributed by atoms with Crippen molar-refractivity contribution in [1.29, 1.82) is 0 Å². The maximum absolute atomic E-state index is 14.3. The highest BCUT2D eigenvalue weighted by Crippen LogP contribution is 2.66. The van der Waals surface area contributed by atoms with E-state index >= 15 is 0 Å². The van der Waals surface area contributed by atoms with Gasteiger partial charge in [-0.2, -0.15) is 0 Å². The molecule has 214 valence electrons. The molecular formula is C31H39N3O5S. The SMILES string of the molecule is CCOc1ccc(NC(=O)[C@@H]2[C@H]3C(=O)N([C@@H](CO)[C@@H](C)CC)C(C(=O)NCc4ccccc4)C34CC[C@H]2S4)cc1. The van der Waals surface area contributed by atoms with Crippen molar-refractivity contribution in [3.8, 4) is 5.75 Å². The number of carbonyl (C=O) groups is 3. The van der Waals surface area contributed by atoms with Crippen LogP contribution in [0.4, 0.5) is 5.69 Å². The molecule has 0 radical (unpaired) electrons. The maximum Gasteiger partial charge on any atom is 0.244 e. The number of amides is 3. The van der Waals surface area contributed by atoms with Gasteiger partial charge in [-0.25, -0.2) is 0 Å². The minimum atomic E-state index is -0.752. The van der Waals surface area contributed by atoms with E-state index in [1.165, 1.54) is 0 Å². The lowest BCUT2D eigenvalue weighted by molar-refractivity contribution is -0.143. The van der Waals surface area contributed by atoms with Crippen molar-refractivity contribution in [3.63, 3.8) is 0 Å². The van der Waals surface area contributed by atoms with Crippen molar-refractivity contribution in [1.82, 2.24) is 10.2 Å². The zero-order valence-electron chi connectivity index (χ0n) is 23.3. The van der Waals surface area contributed by atoms with Gasteiger partial charge in [-0.1, -0.05) is 50.6 Å². The predicted octanol–water partition coefficient (Wildman–Crippen LogP) is 3.84. The van der Waals surface area contributed by atoms with Crippen LogP contribution in [0.2, 0.25) is 0 Å². The number of benzene rings is 2. The smallest absolute Gasteiger partial charge is 0.244 e. The molecule has 0 aliphatic carbocycles. The van der Waals surface area contributed by atoms with Gasteiger partial charge in [0.1, 0.15) is 11.8 Å². The number of carbonyl (C=O) groups excluding carboxylic acids is 3. The third-order valence-corrected chi connectivity index (χ3v) is 10.8. The van der Waals surface area contributed by atoms with E-state index in [2.05, 4.69) is 10.6 Å². The average molecular weight is 566 g/mol. The number of aliphatic hydroxyl groups is 1. The van der Waals surface area contributed by atoms with E-state index < -0.39 is 28.7 Å². The molecule has 3 heterocycles. The number of thioether (sulfide) groups is 1. The van der Waals surface area contributed by atoms with Crippen molar-refractivity contribution in [2.45, 2.75) is 68.7 Å². The average Bonchev–Trinajstić information content (AvgIpc) is 3.61. The second-order valence-corrected chi connectivity index (χ2v) is 12.7. The Morgan fingerprint density at radius 1 is 1.12 bits per heavy atom. The van der Waals surface area contributed by atoms with Gasteiger partial charge in [0.25, 0.3) is 0 Å². The number of anilines is 1. The molecule has 0 aromatic heterocycles. The molecule has 9 heteroatoms. The minimum absolute atomic E-state index is 0.00747. The van der Waals surface area contributed by atoms with Crippen LogP contribution >= 0.6 is 11.8 Å². The second kappa shape index (κ2) is 11.8. The van der Waals surface area contributed by atoms with E-state index in [4.69, 9.17) is 4.74 Å². The van der Waals surface area contributed by atoms with E-state index in [1.54, 1.807) is 28.8 Å². The zero-order chi connectivity index (χ0) is 28.4. The molecule has 7 atom stereocenters. The Balaban J connectivity index is 1.44. The second-order valence-electron chi connectivity index (χ2n) is 11.1. The summed E-state index contributed by atoms with van der Waals surface area (Å²) in [5.74, 6) is -1.07. The maximum atomic E-state index is 14.3. The summed E-state index contributed by atoms with van der Waals surface area (Å²) in [6, 6.07) is 15.6. The highest BCUT2D eigenvalue weighted by Gasteiger charge is 2.74. The number of nitrogens with zero attached hydrogens (tertiary/aromatic N) is 1. The van der Waals surface area contributed by atoms with Crippen LogP contribution in [0, 0.1) is 17.8 Å². The van der Waals surface area contributed by atoms with E-state index in [9.17, 15) is 19.5 Å². The quantitative estimate of drug-likeness (QED) is 0.382. The number of hydrogen-bond acceptors (Lipinski definition) is 6. The monoisotopic (exact) mass is 565 g/mol. The van der Waals surface area contributed by atoms with Gasteiger partial charge < -0.3 is 25.4 Å². The van der Waals surface area contributed by atoms with Crippen LogP contribution in [-0.4, -0.2) is 63.0 Å². The van der Waals surface area contributed by atoms with Gasteiger partial charge in [-0.15, -0.1) is 11.8 Å². The third kappa shape index (κ3) is 4.98.